The molecule has 1 saturated carbocycles. The van der Waals surface area contributed by atoms with Gasteiger partial charge in [-0.15, -0.1) is 0 Å². The summed E-state index contributed by atoms with van der Waals surface area (Å²) >= 11 is 0. The number of aliphatic hydroxyl groups is 1. The van der Waals surface area contributed by atoms with Crippen LogP contribution in [0.5, 0.6) is 0 Å². The van der Waals surface area contributed by atoms with E-state index in [4.69, 9.17) is 0 Å². The number of hydrazine groups is 1. The lowest BCUT2D eigenvalue weighted by molar-refractivity contribution is -0.137. The zero-order valence-corrected chi connectivity index (χ0v) is 19.9. The number of hydrogen-bond acceptors (Lipinski definition) is 7. The van der Waals surface area contributed by atoms with Crippen molar-refractivity contribution in [3.8, 4) is 0 Å². The summed E-state index contributed by atoms with van der Waals surface area (Å²) in [6.07, 6.45) is 4.32. The molecule has 3 aliphatic heterocycles. The molecule has 10 heteroatoms. The molecule has 33 heavy (non-hydrogen) atoms. The van der Waals surface area contributed by atoms with Gasteiger partial charge in [0.15, 0.2) is 0 Å². The van der Waals surface area contributed by atoms with Crippen LogP contribution in [0.25, 0.3) is 0 Å². The second kappa shape index (κ2) is 10.9. The van der Waals surface area contributed by atoms with Gasteiger partial charge in [-0.05, 0) is 57.5 Å². The molecule has 4 fully saturated rings. The van der Waals surface area contributed by atoms with E-state index in [9.17, 15) is 19.1 Å². The lowest BCUT2D eigenvalue weighted by Crippen LogP contribution is -2.54. The Bertz CT molecular complexity index is 689. The van der Waals surface area contributed by atoms with Gasteiger partial charge >= 0.3 is 0 Å². The lowest BCUT2D eigenvalue weighted by atomic mass is 9.77. The van der Waals surface area contributed by atoms with Gasteiger partial charge in [0, 0.05) is 18.5 Å². The number of amides is 2. The molecule has 3 heterocycles. The Morgan fingerprint density at radius 2 is 2.03 bits per heavy atom. The van der Waals surface area contributed by atoms with Crippen molar-refractivity contribution < 1.29 is 19.1 Å². The Labute approximate surface area is 196 Å². The fraction of sp³-hybridized carbons (Fsp3) is 0.913. The van der Waals surface area contributed by atoms with Crippen LogP contribution in [0.3, 0.4) is 0 Å². The number of rotatable bonds is 6. The van der Waals surface area contributed by atoms with E-state index in [0.29, 0.717) is 37.4 Å². The first-order valence-electron chi connectivity index (χ1n) is 12.6. The quantitative estimate of drug-likeness (QED) is 0.371. The number of carbonyl (C=O) groups is 2. The average molecular weight is 469 g/mol. The molecular weight excluding hydrogens is 427 g/mol. The predicted octanol–water partition coefficient (Wildman–Crippen LogP) is -0.0798. The molecule has 0 aromatic carbocycles. The first kappa shape index (κ1) is 24.8. The molecule has 2 amide bonds. The number of nitrogens with zero attached hydrogens (tertiary/aromatic N) is 2. The van der Waals surface area contributed by atoms with Gasteiger partial charge in [0.25, 0.3) is 0 Å². The van der Waals surface area contributed by atoms with E-state index in [0.717, 1.165) is 32.4 Å². The highest BCUT2D eigenvalue weighted by molar-refractivity contribution is 5.85. The standard InChI is InChI=1S/C23H41FN6O3/c1-14(8-21-28-26-13-29(21)2)15-4-3-5-17(9-15)27-22(32)19-10-16(6-7-25-19)23(33)30-11-18(24)20(31)12-30/h14-21,25-26,28,31H,3-13H2,1-2H3,(H,27,32)/t14-,15?,16?,17?,18-,19?,20-,21?/m1/s1. The first-order valence-corrected chi connectivity index (χ1v) is 12.6. The van der Waals surface area contributed by atoms with Crippen molar-refractivity contribution in [1.29, 1.82) is 0 Å². The Balaban J connectivity index is 1.25. The molecule has 0 aromatic rings. The minimum Gasteiger partial charge on any atom is -0.388 e. The molecule has 0 spiro atoms. The number of piperidine rings is 1. The van der Waals surface area contributed by atoms with Crippen molar-refractivity contribution in [3.63, 3.8) is 0 Å². The Morgan fingerprint density at radius 3 is 2.73 bits per heavy atom. The molecule has 1 aliphatic carbocycles. The Kier molecular flexibility index (Phi) is 8.22. The number of β-amino-alcohol motifs (C(OH)–C–C–N with tert-alkyl or cyclic N) is 1. The fourth-order valence-electron chi connectivity index (χ4n) is 6.00. The maximum Gasteiger partial charge on any atom is 0.237 e. The van der Waals surface area contributed by atoms with E-state index >= 15 is 0 Å². The summed E-state index contributed by atoms with van der Waals surface area (Å²) in [4.78, 5) is 29.5. The lowest BCUT2D eigenvalue weighted by Gasteiger charge is -2.36. The van der Waals surface area contributed by atoms with Gasteiger partial charge in [-0.25, -0.2) is 15.2 Å². The van der Waals surface area contributed by atoms with Crippen LogP contribution >= 0.6 is 0 Å². The molecule has 5 N–H and O–H groups in total. The summed E-state index contributed by atoms with van der Waals surface area (Å²) in [7, 11) is 2.12. The maximum absolute atomic E-state index is 13.7. The van der Waals surface area contributed by atoms with Crippen molar-refractivity contribution in [2.24, 2.45) is 17.8 Å². The van der Waals surface area contributed by atoms with E-state index in [2.05, 4.69) is 40.4 Å². The number of halogens is 1. The normalized spacial score (nSPS) is 38.9. The van der Waals surface area contributed by atoms with Crippen molar-refractivity contribution in [1.82, 2.24) is 31.3 Å². The average Bonchev–Trinajstić information content (AvgIpc) is 3.37. The molecule has 8 atom stereocenters. The Hall–Kier alpha value is -1.33. The smallest absolute Gasteiger partial charge is 0.237 e. The third kappa shape index (κ3) is 6.03. The summed E-state index contributed by atoms with van der Waals surface area (Å²) in [5, 5.41) is 16.2. The van der Waals surface area contributed by atoms with Crippen molar-refractivity contribution >= 4 is 11.8 Å². The van der Waals surface area contributed by atoms with E-state index in [-0.39, 0.29) is 36.9 Å². The summed E-state index contributed by atoms with van der Waals surface area (Å²) in [6.45, 7) is 3.75. The molecule has 0 radical (unpaired) electrons. The SMILES string of the molecule is C[C@H](CC1NNCN1C)C1CCCC(NC(=O)C2CC(C(=O)N3C[C@@H](O)[C@H](F)C3)CCN2)C1. The van der Waals surface area contributed by atoms with Gasteiger partial charge in [-0.3, -0.25) is 14.5 Å². The highest BCUT2D eigenvalue weighted by Crippen LogP contribution is 2.33. The van der Waals surface area contributed by atoms with Crippen LogP contribution in [0, 0.1) is 17.8 Å². The highest BCUT2D eigenvalue weighted by Gasteiger charge is 2.39. The second-order valence-electron chi connectivity index (χ2n) is 10.7. The minimum atomic E-state index is -1.38. The zero-order valence-electron chi connectivity index (χ0n) is 19.9. The molecular formula is C23H41FN6O3. The molecule has 4 aliphatic rings. The predicted molar refractivity (Wildman–Crippen MR) is 122 cm³/mol. The summed E-state index contributed by atoms with van der Waals surface area (Å²) in [5.74, 6) is 0.679. The van der Waals surface area contributed by atoms with Crippen LogP contribution in [0.15, 0.2) is 0 Å². The number of aliphatic hydroxyl groups excluding tert-OH is 1. The van der Waals surface area contributed by atoms with Crippen LogP contribution < -0.4 is 21.5 Å². The number of nitrogens with one attached hydrogen (secondary N) is 4. The van der Waals surface area contributed by atoms with E-state index in [1.165, 1.54) is 11.3 Å². The number of hydrogen-bond donors (Lipinski definition) is 5. The first-order chi connectivity index (χ1) is 15.8. The third-order valence-electron chi connectivity index (χ3n) is 8.19. The molecule has 3 saturated heterocycles. The molecule has 0 bridgehead atoms. The molecule has 9 nitrogen and oxygen atoms in total. The van der Waals surface area contributed by atoms with Crippen LogP contribution in [0.1, 0.15) is 51.9 Å². The minimum absolute atomic E-state index is 0.0305. The van der Waals surface area contributed by atoms with Gasteiger partial charge < -0.3 is 20.6 Å². The summed E-state index contributed by atoms with van der Waals surface area (Å²) in [6, 6.07) is -0.230. The van der Waals surface area contributed by atoms with Gasteiger partial charge in [0.2, 0.25) is 11.8 Å². The van der Waals surface area contributed by atoms with Crippen molar-refractivity contribution in [3.05, 3.63) is 0 Å². The fourth-order valence-corrected chi connectivity index (χ4v) is 6.00. The summed E-state index contributed by atoms with van der Waals surface area (Å²) < 4.78 is 13.7. The van der Waals surface area contributed by atoms with Gasteiger partial charge in [0.05, 0.1) is 25.4 Å². The van der Waals surface area contributed by atoms with Gasteiger partial charge in [0.1, 0.15) is 12.3 Å². The van der Waals surface area contributed by atoms with E-state index < -0.39 is 18.3 Å². The summed E-state index contributed by atoms with van der Waals surface area (Å²) in [5.41, 5.74) is 6.52. The highest BCUT2D eigenvalue weighted by atomic mass is 19.1. The molecule has 0 aromatic heterocycles. The van der Waals surface area contributed by atoms with Gasteiger partial charge in [-0.1, -0.05) is 19.8 Å². The van der Waals surface area contributed by atoms with Gasteiger partial charge in [-0.2, -0.15) is 0 Å². The van der Waals surface area contributed by atoms with Crippen LogP contribution in [-0.4, -0.2) is 90.6 Å². The van der Waals surface area contributed by atoms with Crippen LogP contribution in [-0.2, 0) is 9.59 Å². The number of alkyl halides is 1. The number of likely N-dealkylation sites (tertiary alicyclic amines) is 1. The van der Waals surface area contributed by atoms with Crippen molar-refractivity contribution in [2.75, 3.05) is 33.4 Å². The van der Waals surface area contributed by atoms with Crippen LogP contribution in [0.4, 0.5) is 4.39 Å². The molecule has 5 unspecified atom stereocenters. The maximum atomic E-state index is 13.7. The molecule has 4 rings (SSSR count). The zero-order chi connectivity index (χ0) is 23.5. The largest absolute Gasteiger partial charge is 0.388 e. The monoisotopic (exact) mass is 468 g/mol. The van der Waals surface area contributed by atoms with E-state index in [1.54, 1.807) is 0 Å². The molecule has 188 valence electrons. The van der Waals surface area contributed by atoms with Crippen molar-refractivity contribution in [2.45, 2.75) is 82.4 Å². The van der Waals surface area contributed by atoms with E-state index in [1.807, 2.05) is 0 Å². The Morgan fingerprint density at radius 1 is 1.21 bits per heavy atom. The second-order valence-corrected chi connectivity index (χ2v) is 10.7. The number of carbonyl (C=O) groups excluding carboxylic acids is 2. The third-order valence-corrected chi connectivity index (χ3v) is 8.19. The topological polar surface area (TPSA) is 109 Å². The van der Waals surface area contributed by atoms with Crippen LogP contribution in [0.2, 0.25) is 0 Å².